The largest absolute Gasteiger partial charge is 0.504 e. The molecule has 0 aliphatic rings. The minimum atomic E-state index is -0.998. The second-order valence-electron chi connectivity index (χ2n) is 2.13. The lowest BCUT2D eigenvalue weighted by atomic mass is 10.5. The zero-order valence-electron chi connectivity index (χ0n) is 9.10. The van der Waals surface area contributed by atoms with Crippen LogP contribution in [0, 0.1) is 0 Å². The number of hydrogen-bond donors (Lipinski definition) is 1. The molecule has 0 spiro atoms. The molecule has 0 aliphatic carbocycles. The standard InChI is InChI=1S/C6H10O2.C4H6O3/c1-3-5-6(7)8-4-2;1-7-3-2-4(5)6/h3,5H,4H2,1-2H3;2-3H,1H3,(H,5,6)/b5-3+;. The number of carboxylic acid groups (broad SMARTS) is 1. The van der Waals surface area contributed by atoms with Gasteiger partial charge in [-0.3, -0.25) is 0 Å². The van der Waals surface area contributed by atoms with E-state index in [4.69, 9.17) is 5.11 Å². The van der Waals surface area contributed by atoms with Gasteiger partial charge in [0, 0.05) is 6.08 Å². The monoisotopic (exact) mass is 216 g/mol. The van der Waals surface area contributed by atoms with Crippen LogP contribution < -0.4 is 0 Å². The number of carboxylic acids is 1. The first-order chi connectivity index (χ1) is 7.08. The molecule has 5 nitrogen and oxygen atoms in total. The van der Waals surface area contributed by atoms with E-state index in [1.165, 1.54) is 13.2 Å². The Labute approximate surface area is 89.0 Å². The molecule has 0 heterocycles. The van der Waals surface area contributed by atoms with Crippen molar-refractivity contribution < 1.29 is 24.2 Å². The van der Waals surface area contributed by atoms with Crippen LogP contribution in [0.5, 0.6) is 0 Å². The molecular formula is C10H16O5. The Morgan fingerprint density at radius 1 is 1.33 bits per heavy atom. The van der Waals surface area contributed by atoms with Crippen LogP contribution in [0.4, 0.5) is 0 Å². The van der Waals surface area contributed by atoms with E-state index in [0.29, 0.717) is 6.61 Å². The van der Waals surface area contributed by atoms with Gasteiger partial charge >= 0.3 is 11.9 Å². The third-order valence-electron chi connectivity index (χ3n) is 0.936. The molecule has 0 amide bonds. The third-order valence-corrected chi connectivity index (χ3v) is 0.936. The van der Waals surface area contributed by atoms with E-state index < -0.39 is 5.97 Å². The minimum absolute atomic E-state index is 0.269. The summed E-state index contributed by atoms with van der Waals surface area (Å²) in [5.74, 6) is -1.27. The highest BCUT2D eigenvalue weighted by molar-refractivity contribution is 5.81. The highest BCUT2D eigenvalue weighted by Gasteiger charge is 1.88. The van der Waals surface area contributed by atoms with Crippen molar-refractivity contribution in [2.45, 2.75) is 13.8 Å². The van der Waals surface area contributed by atoms with Gasteiger partial charge in [0.25, 0.3) is 0 Å². The maximum Gasteiger partial charge on any atom is 0.331 e. The van der Waals surface area contributed by atoms with Crippen molar-refractivity contribution >= 4 is 11.9 Å². The zero-order chi connectivity index (χ0) is 12.1. The first kappa shape index (κ1) is 15.7. The molecule has 0 aromatic heterocycles. The first-order valence-electron chi connectivity index (χ1n) is 4.30. The van der Waals surface area contributed by atoms with E-state index in [1.807, 2.05) is 0 Å². The molecule has 5 heteroatoms. The van der Waals surface area contributed by atoms with Gasteiger partial charge in [0.1, 0.15) is 0 Å². The van der Waals surface area contributed by atoms with Crippen LogP contribution in [0.2, 0.25) is 0 Å². The van der Waals surface area contributed by atoms with Gasteiger partial charge in [-0.05, 0) is 13.8 Å². The predicted molar refractivity (Wildman–Crippen MR) is 55.2 cm³/mol. The molecule has 1 N–H and O–H groups in total. The van der Waals surface area contributed by atoms with Gasteiger partial charge in [0.05, 0.1) is 26.1 Å². The summed E-state index contributed by atoms with van der Waals surface area (Å²) in [6, 6.07) is 0. The molecule has 0 fully saturated rings. The summed E-state index contributed by atoms with van der Waals surface area (Å²) in [6.45, 7) is 4.00. The summed E-state index contributed by atoms with van der Waals surface area (Å²) in [5.41, 5.74) is 0. The summed E-state index contributed by atoms with van der Waals surface area (Å²) < 4.78 is 8.85. The quantitative estimate of drug-likeness (QED) is 0.436. The number of esters is 1. The molecule has 0 saturated carbocycles. The Kier molecular flexibility index (Phi) is 12.8. The number of ether oxygens (including phenoxy) is 2. The van der Waals surface area contributed by atoms with Gasteiger partial charge in [0.2, 0.25) is 0 Å². The van der Waals surface area contributed by atoms with Gasteiger partial charge < -0.3 is 14.6 Å². The van der Waals surface area contributed by atoms with E-state index in [2.05, 4.69) is 9.47 Å². The Balaban J connectivity index is 0. The second-order valence-corrected chi connectivity index (χ2v) is 2.13. The molecule has 0 saturated heterocycles. The Morgan fingerprint density at radius 2 is 1.93 bits per heavy atom. The highest BCUT2D eigenvalue weighted by Crippen LogP contribution is 1.78. The maximum atomic E-state index is 10.3. The normalized spacial score (nSPS) is 9.53. The van der Waals surface area contributed by atoms with Crippen LogP contribution in [0.25, 0.3) is 0 Å². The summed E-state index contributed by atoms with van der Waals surface area (Å²) in [5, 5.41) is 7.88. The molecule has 0 rings (SSSR count). The van der Waals surface area contributed by atoms with Gasteiger partial charge in [-0.2, -0.15) is 0 Å². The number of rotatable bonds is 4. The van der Waals surface area contributed by atoms with Crippen LogP contribution in [0.15, 0.2) is 24.5 Å². The summed E-state index contributed by atoms with van der Waals surface area (Å²) in [6.07, 6.45) is 5.06. The Morgan fingerprint density at radius 3 is 2.20 bits per heavy atom. The van der Waals surface area contributed by atoms with Gasteiger partial charge in [-0.1, -0.05) is 6.08 Å². The SMILES string of the molecule is C/C=C/C(=O)OCC.COC=CC(=O)O. The molecular weight excluding hydrogens is 200 g/mol. The number of allylic oxidation sites excluding steroid dienone is 1. The van der Waals surface area contributed by atoms with E-state index in [9.17, 15) is 9.59 Å². The van der Waals surface area contributed by atoms with E-state index in [0.717, 1.165) is 12.3 Å². The van der Waals surface area contributed by atoms with Gasteiger partial charge in [-0.25, -0.2) is 9.59 Å². The van der Waals surface area contributed by atoms with Crippen LogP contribution >= 0.6 is 0 Å². The number of aliphatic carboxylic acids is 1. The van der Waals surface area contributed by atoms with Crippen LogP contribution in [0.1, 0.15) is 13.8 Å². The summed E-state index contributed by atoms with van der Waals surface area (Å²) in [4.78, 5) is 19.9. The second kappa shape index (κ2) is 12.2. The fourth-order valence-electron chi connectivity index (χ4n) is 0.453. The summed E-state index contributed by atoms with van der Waals surface area (Å²) >= 11 is 0. The van der Waals surface area contributed by atoms with Gasteiger partial charge in [-0.15, -0.1) is 0 Å². The Hall–Kier alpha value is -1.78. The van der Waals surface area contributed by atoms with Crippen molar-refractivity contribution in [2.75, 3.05) is 13.7 Å². The third kappa shape index (κ3) is 18.9. The first-order valence-corrected chi connectivity index (χ1v) is 4.30. The molecule has 15 heavy (non-hydrogen) atoms. The molecule has 0 aliphatic heterocycles. The summed E-state index contributed by atoms with van der Waals surface area (Å²) in [7, 11) is 1.39. The molecule has 0 atom stereocenters. The number of hydrogen-bond acceptors (Lipinski definition) is 4. The number of methoxy groups -OCH3 is 1. The molecule has 0 aromatic carbocycles. The fourth-order valence-corrected chi connectivity index (χ4v) is 0.453. The van der Waals surface area contributed by atoms with E-state index in [1.54, 1.807) is 19.9 Å². The fraction of sp³-hybridized carbons (Fsp3) is 0.400. The lowest BCUT2D eigenvalue weighted by Crippen LogP contribution is -1.98. The lowest BCUT2D eigenvalue weighted by molar-refractivity contribution is -0.137. The smallest absolute Gasteiger partial charge is 0.331 e. The van der Waals surface area contributed by atoms with Crippen molar-refractivity contribution in [1.82, 2.24) is 0 Å². The number of carbonyl (C=O) groups excluding carboxylic acids is 1. The molecule has 86 valence electrons. The highest BCUT2D eigenvalue weighted by atomic mass is 16.5. The average molecular weight is 216 g/mol. The van der Waals surface area contributed by atoms with Crippen molar-refractivity contribution in [1.29, 1.82) is 0 Å². The zero-order valence-corrected chi connectivity index (χ0v) is 9.10. The number of carbonyl (C=O) groups is 2. The molecule has 0 radical (unpaired) electrons. The van der Waals surface area contributed by atoms with Gasteiger partial charge in [0.15, 0.2) is 0 Å². The van der Waals surface area contributed by atoms with Crippen LogP contribution in [0.3, 0.4) is 0 Å². The minimum Gasteiger partial charge on any atom is -0.504 e. The van der Waals surface area contributed by atoms with Crippen LogP contribution in [-0.2, 0) is 19.1 Å². The van der Waals surface area contributed by atoms with Crippen molar-refractivity contribution in [3.63, 3.8) is 0 Å². The van der Waals surface area contributed by atoms with Crippen molar-refractivity contribution in [3.05, 3.63) is 24.5 Å². The maximum absolute atomic E-state index is 10.3. The van der Waals surface area contributed by atoms with Crippen molar-refractivity contribution in [3.8, 4) is 0 Å². The molecule has 0 bridgehead atoms. The molecule has 0 aromatic rings. The average Bonchev–Trinajstić information content (AvgIpc) is 2.16. The topological polar surface area (TPSA) is 72.8 Å². The predicted octanol–water partition coefficient (Wildman–Crippen LogP) is 1.36. The molecule has 0 unspecified atom stereocenters. The van der Waals surface area contributed by atoms with Crippen LogP contribution in [-0.4, -0.2) is 30.8 Å². The Bertz CT molecular complexity index is 230. The van der Waals surface area contributed by atoms with Crippen molar-refractivity contribution in [2.24, 2.45) is 0 Å². The lowest BCUT2D eigenvalue weighted by Gasteiger charge is -1.91. The van der Waals surface area contributed by atoms with E-state index in [-0.39, 0.29) is 5.97 Å². The van der Waals surface area contributed by atoms with E-state index >= 15 is 0 Å².